The van der Waals surface area contributed by atoms with Gasteiger partial charge < -0.3 is 20.5 Å². The second-order valence-electron chi connectivity index (χ2n) is 6.77. The minimum atomic E-state index is -2.70. The number of hydrogen-bond acceptors (Lipinski definition) is 3. The fourth-order valence-electron chi connectivity index (χ4n) is 3.41. The molecule has 9 heteroatoms. The van der Waals surface area contributed by atoms with Crippen molar-refractivity contribution in [2.24, 2.45) is 0 Å². The molecule has 1 fully saturated rings. The molecule has 1 saturated heterocycles. The van der Waals surface area contributed by atoms with Crippen LogP contribution in [0.15, 0.2) is 48.5 Å². The first-order chi connectivity index (χ1) is 14.0. The molecular weight excluding hydrogens is 380 g/mol. The second kappa shape index (κ2) is 7.86. The number of aromatic nitrogens is 2. The SMILES string of the molecule is O=C(Nc1ccc2nc(C(F)F)[nH]c2c1)NC1CCCN(c2ccccc2)C1=O. The number of hydrogen-bond donors (Lipinski definition) is 3. The number of carbonyl (C=O) groups is 2. The van der Waals surface area contributed by atoms with Gasteiger partial charge in [0.15, 0.2) is 5.82 Å². The van der Waals surface area contributed by atoms with E-state index in [9.17, 15) is 18.4 Å². The first-order valence-electron chi connectivity index (χ1n) is 9.23. The maximum atomic E-state index is 12.8. The zero-order chi connectivity index (χ0) is 20.4. The van der Waals surface area contributed by atoms with Crippen LogP contribution in [0.25, 0.3) is 11.0 Å². The average molecular weight is 399 g/mol. The first-order valence-corrected chi connectivity index (χ1v) is 9.23. The van der Waals surface area contributed by atoms with E-state index in [-0.39, 0.29) is 5.91 Å². The number of fused-ring (bicyclic) bond motifs is 1. The van der Waals surface area contributed by atoms with Crippen molar-refractivity contribution in [3.8, 4) is 0 Å². The number of rotatable bonds is 4. The minimum absolute atomic E-state index is 0.164. The normalized spacial score (nSPS) is 17.0. The number of amides is 3. The van der Waals surface area contributed by atoms with Gasteiger partial charge in [-0.15, -0.1) is 0 Å². The molecule has 4 rings (SSSR count). The number of benzene rings is 2. The van der Waals surface area contributed by atoms with Gasteiger partial charge in [-0.3, -0.25) is 4.79 Å². The molecule has 3 aromatic rings. The summed E-state index contributed by atoms with van der Waals surface area (Å²) in [6.45, 7) is 0.603. The summed E-state index contributed by atoms with van der Waals surface area (Å²) in [5, 5.41) is 5.34. The maximum absolute atomic E-state index is 12.8. The molecule has 0 radical (unpaired) electrons. The number of imidazole rings is 1. The van der Waals surface area contributed by atoms with Crippen LogP contribution in [0.2, 0.25) is 0 Å². The lowest BCUT2D eigenvalue weighted by atomic mass is 10.0. The highest BCUT2D eigenvalue weighted by Crippen LogP contribution is 2.23. The maximum Gasteiger partial charge on any atom is 0.319 e. The monoisotopic (exact) mass is 399 g/mol. The van der Waals surface area contributed by atoms with Crippen molar-refractivity contribution in [2.75, 3.05) is 16.8 Å². The molecule has 2 aromatic carbocycles. The number of halogens is 2. The van der Waals surface area contributed by atoms with Crippen LogP contribution in [0.5, 0.6) is 0 Å². The van der Waals surface area contributed by atoms with Crippen LogP contribution in [-0.2, 0) is 4.79 Å². The van der Waals surface area contributed by atoms with Gasteiger partial charge >= 0.3 is 6.03 Å². The van der Waals surface area contributed by atoms with Gasteiger partial charge in [-0.1, -0.05) is 18.2 Å². The molecule has 2 heterocycles. The molecule has 7 nitrogen and oxygen atoms in total. The van der Waals surface area contributed by atoms with Crippen molar-refractivity contribution in [1.82, 2.24) is 15.3 Å². The lowest BCUT2D eigenvalue weighted by Gasteiger charge is -2.32. The van der Waals surface area contributed by atoms with E-state index < -0.39 is 24.3 Å². The van der Waals surface area contributed by atoms with Crippen molar-refractivity contribution in [3.05, 3.63) is 54.4 Å². The van der Waals surface area contributed by atoms with E-state index in [0.717, 1.165) is 12.1 Å². The lowest BCUT2D eigenvalue weighted by molar-refractivity contribution is -0.121. The number of alkyl halides is 2. The smallest absolute Gasteiger partial charge is 0.319 e. The van der Waals surface area contributed by atoms with Crippen LogP contribution in [-0.4, -0.2) is 34.5 Å². The predicted octanol–water partition coefficient (Wildman–Crippen LogP) is 3.82. The van der Waals surface area contributed by atoms with Crippen molar-refractivity contribution in [1.29, 1.82) is 0 Å². The minimum Gasteiger partial charge on any atom is -0.337 e. The Morgan fingerprint density at radius 2 is 2.00 bits per heavy atom. The van der Waals surface area contributed by atoms with Gasteiger partial charge in [-0.2, -0.15) is 0 Å². The number of H-pyrrole nitrogens is 1. The van der Waals surface area contributed by atoms with Gasteiger partial charge in [-0.25, -0.2) is 18.6 Å². The first kappa shape index (κ1) is 18.9. The van der Waals surface area contributed by atoms with Crippen molar-refractivity contribution in [2.45, 2.75) is 25.3 Å². The molecule has 1 aromatic heterocycles. The van der Waals surface area contributed by atoms with Crippen molar-refractivity contribution in [3.63, 3.8) is 0 Å². The summed E-state index contributed by atoms with van der Waals surface area (Å²) in [5.41, 5.74) is 1.97. The third-order valence-electron chi connectivity index (χ3n) is 4.78. The van der Waals surface area contributed by atoms with Crippen LogP contribution < -0.4 is 15.5 Å². The Labute approximate surface area is 165 Å². The quantitative estimate of drug-likeness (QED) is 0.623. The molecule has 0 bridgehead atoms. The Balaban J connectivity index is 1.42. The van der Waals surface area contributed by atoms with Crippen LogP contribution in [0.4, 0.5) is 25.0 Å². The largest absolute Gasteiger partial charge is 0.337 e. The lowest BCUT2D eigenvalue weighted by Crippen LogP contribution is -2.53. The van der Waals surface area contributed by atoms with Crippen LogP contribution in [0, 0.1) is 0 Å². The number of carbonyl (C=O) groups excluding carboxylic acids is 2. The van der Waals surface area contributed by atoms with E-state index >= 15 is 0 Å². The van der Waals surface area contributed by atoms with E-state index in [1.165, 1.54) is 12.1 Å². The van der Waals surface area contributed by atoms with Gasteiger partial charge in [0.1, 0.15) is 6.04 Å². The van der Waals surface area contributed by atoms with E-state index in [1.807, 2.05) is 30.3 Å². The molecule has 1 aliphatic heterocycles. The van der Waals surface area contributed by atoms with Gasteiger partial charge in [0.2, 0.25) is 5.91 Å². The molecule has 29 heavy (non-hydrogen) atoms. The molecular formula is C20H19F2N5O2. The summed E-state index contributed by atoms with van der Waals surface area (Å²) in [6.07, 6.45) is -1.39. The summed E-state index contributed by atoms with van der Waals surface area (Å²) < 4.78 is 25.5. The summed E-state index contributed by atoms with van der Waals surface area (Å²) in [5.74, 6) is -0.585. The fraction of sp³-hybridized carbons (Fsp3) is 0.250. The van der Waals surface area contributed by atoms with Gasteiger partial charge in [-0.05, 0) is 43.2 Å². The number of piperidine rings is 1. The topological polar surface area (TPSA) is 90.1 Å². The summed E-state index contributed by atoms with van der Waals surface area (Å²) in [7, 11) is 0. The molecule has 3 amide bonds. The summed E-state index contributed by atoms with van der Waals surface area (Å²) >= 11 is 0. The van der Waals surface area contributed by atoms with E-state index in [0.29, 0.717) is 29.7 Å². The number of nitrogens with zero attached hydrogens (tertiary/aromatic N) is 2. The van der Waals surface area contributed by atoms with Crippen LogP contribution in [0.3, 0.4) is 0 Å². The Morgan fingerprint density at radius 1 is 1.21 bits per heavy atom. The zero-order valence-electron chi connectivity index (χ0n) is 15.4. The van der Waals surface area contributed by atoms with Gasteiger partial charge in [0.25, 0.3) is 6.43 Å². The summed E-state index contributed by atoms with van der Waals surface area (Å²) in [6, 6.07) is 12.8. The molecule has 150 valence electrons. The highest BCUT2D eigenvalue weighted by atomic mass is 19.3. The van der Waals surface area contributed by atoms with Crippen molar-refractivity contribution < 1.29 is 18.4 Å². The van der Waals surface area contributed by atoms with Crippen LogP contribution in [0.1, 0.15) is 25.1 Å². The molecule has 0 aliphatic carbocycles. The van der Waals surface area contributed by atoms with E-state index in [1.54, 1.807) is 11.0 Å². The van der Waals surface area contributed by atoms with E-state index in [2.05, 4.69) is 20.6 Å². The number of urea groups is 1. The Bertz CT molecular complexity index is 1040. The number of anilines is 2. The third kappa shape index (κ3) is 4.03. The Kier molecular flexibility index (Phi) is 5.11. The predicted molar refractivity (Wildman–Crippen MR) is 105 cm³/mol. The number of aromatic amines is 1. The van der Waals surface area contributed by atoms with E-state index in [4.69, 9.17) is 0 Å². The van der Waals surface area contributed by atoms with Crippen LogP contribution >= 0.6 is 0 Å². The fourth-order valence-corrected chi connectivity index (χ4v) is 3.41. The Morgan fingerprint density at radius 3 is 2.76 bits per heavy atom. The molecule has 1 unspecified atom stereocenters. The highest BCUT2D eigenvalue weighted by Gasteiger charge is 2.30. The molecule has 0 spiro atoms. The third-order valence-corrected chi connectivity index (χ3v) is 4.78. The molecule has 1 aliphatic rings. The molecule has 3 N–H and O–H groups in total. The van der Waals surface area contributed by atoms with Gasteiger partial charge in [0, 0.05) is 17.9 Å². The zero-order valence-corrected chi connectivity index (χ0v) is 15.4. The van der Waals surface area contributed by atoms with Crippen molar-refractivity contribution >= 4 is 34.3 Å². The molecule has 0 saturated carbocycles. The Hall–Kier alpha value is -3.49. The number of para-hydroxylation sites is 1. The number of nitrogens with one attached hydrogen (secondary N) is 3. The molecule has 1 atom stereocenters. The standard InChI is InChI=1S/C20H19F2N5O2/c21-17(22)18-24-14-9-8-12(11-16(14)25-18)23-20(29)26-15-7-4-10-27(19(15)28)13-5-2-1-3-6-13/h1-3,5-6,8-9,11,15,17H,4,7,10H2,(H,24,25)(H2,23,26,29). The highest BCUT2D eigenvalue weighted by molar-refractivity contribution is 6.01. The van der Waals surface area contributed by atoms with Gasteiger partial charge in [0.05, 0.1) is 11.0 Å². The second-order valence-corrected chi connectivity index (χ2v) is 6.77. The average Bonchev–Trinajstić information content (AvgIpc) is 3.14. The summed E-state index contributed by atoms with van der Waals surface area (Å²) in [4.78, 5) is 33.1.